The van der Waals surface area contributed by atoms with Crippen LogP contribution in [0.3, 0.4) is 0 Å². The van der Waals surface area contributed by atoms with Crippen molar-refractivity contribution in [3.63, 3.8) is 0 Å². The van der Waals surface area contributed by atoms with Crippen molar-refractivity contribution in [3.8, 4) is 0 Å². The van der Waals surface area contributed by atoms with Crippen LogP contribution in [0.5, 0.6) is 0 Å². The molecule has 0 aliphatic carbocycles. The number of alkyl halides is 1. The molecule has 0 N–H and O–H groups in total. The Hall–Kier alpha value is -0.550. The van der Waals surface area contributed by atoms with E-state index in [-0.39, 0.29) is 17.7 Å². The summed E-state index contributed by atoms with van der Waals surface area (Å²) in [5.41, 5.74) is 0.663. The molecule has 0 amide bonds. The standard InChI is InChI=1S/C11H18BrNO3/c1-11(2,3)5-9-8(6-12)10(14)13(16-9)7-15-4/h5-7H2,1-4H3. The third kappa shape index (κ3) is 3.22. The Labute approximate surface area is 104 Å². The molecule has 0 bridgehead atoms. The Morgan fingerprint density at radius 3 is 2.50 bits per heavy atom. The van der Waals surface area contributed by atoms with E-state index in [1.807, 2.05) is 0 Å². The maximum Gasteiger partial charge on any atom is 0.289 e. The van der Waals surface area contributed by atoms with Gasteiger partial charge in [0.25, 0.3) is 5.56 Å². The van der Waals surface area contributed by atoms with Gasteiger partial charge in [-0.2, -0.15) is 0 Å². The van der Waals surface area contributed by atoms with Crippen LogP contribution in [0.4, 0.5) is 0 Å². The number of aromatic nitrogens is 1. The van der Waals surface area contributed by atoms with Crippen LogP contribution in [-0.2, 0) is 23.2 Å². The summed E-state index contributed by atoms with van der Waals surface area (Å²) in [6, 6.07) is 0. The van der Waals surface area contributed by atoms with Gasteiger partial charge in [-0.05, 0) is 5.41 Å². The minimum Gasteiger partial charge on any atom is -0.378 e. The van der Waals surface area contributed by atoms with Crippen LogP contribution < -0.4 is 5.56 Å². The fourth-order valence-electron chi connectivity index (χ4n) is 1.45. The molecule has 0 saturated heterocycles. The van der Waals surface area contributed by atoms with Crippen molar-refractivity contribution in [3.05, 3.63) is 21.7 Å². The van der Waals surface area contributed by atoms with Crippen molar-refractivity contribution >= 4 is 15.9 Å². The van der Waals surface area contributed by atoms with Gasteiger partial charge in [-0.1, -0.05) is 36.7 Å². The minimum atomic E-state index is -0.113. The van der Waals surface area contributed by atoms with E-state index in [2.05, 4.69) is 36.7 Å². The second kappa shape index (κ2) is 5.19. The number of hydrogen-bond acceptors (Lipinski definition) is 3. The van der Waals surface area contributed by atoms with Gasteiger partial charge in [-0.25, -0.2) is 0 Å². The lowest BCUT2D eigenvalue weighted by Crippen LogP contribution is -2.18. The van der Waals surface area contributed by atoms with Crippen LogP contribution in [0.1, 0.15) is 32.1 Å². The monoisotopic (exact) mass is 291 g/mol. The van der Waals surface area contributed by atoms with Gasteiger partial charge in [-0.15, -0.1) is 4.74 Å². The number of ether oxygens (including phenoxy) is 1. The van der Waals surface area contributed by atoms with E-state index >= 15 is 0 Å². The summed E-state index contributed by atoms with van der Waals surface area (Å²) in [5, 5.41) is 0.511. The fourth-order valence-corrected chi connectivity index (χ4v) is 2.01. The molecule has 0 spiro atoms. The average molecular weight is 292 g/mol. The van der Waals surface area contributed by atoms with E-state index in [1.54, 1.807) is 0 Å². The molecule has 0 atom stereocenters. The fraction of sp³-hybridized carbons (Fsp3) is 0.727. The van der Waals surface area contributed by atoms with E-state index in [0.717, 1.165) is 12.2 Å². The quantitative estimate of drug-likeness (QED) is 0.801. The van der Waals surface area contributed by atoms with Crippen LogP contribution in [0.2, 0.25) is 0 Å². The first-order valence-electron chi connectivity index (χ1n) is 5.16. The first kappa shape index (κ1) is 13.5. The van der Waals surface area contributed by atoms with Crippen LogP contribution in [-0.4, -0.2) is 11.8 Å². The molecule has 92 valence electrons. The topological polar surface area (TPSA) is 44.4 Å². The summed E-state index contributed by atoms with van der Waals surface area (Å²) >= 11 is 3.32. The van der Waals surface area contributed by atoms with Crippen molar-refractivity contribution in [1.82, 2.24) is 4.74 Å². The molecule has 1 aromatic heterocycles. The molecular weight excluding hydrogens is 274 g/mol. The Morgan fingerprint density at radius 1 is 1.44 bits per heavy atom. The molecule has 5 heteroatoms. The second-order valence-corrected chi connectivity index (χ2v) is 5.53. The Balaban J connectivity index is 3.09. The van der Waals surface area contributed by atoms with Gasteiger partial charge in [0.2, 0.25) is 0 Å². The molecule has 0 saturated carbocycles. The third-order valence-electron chi connectivity index (χ3n) is 2.11. The normalized spacial score (nSPS) is 12.1. The molecule has 0 aromatic carbocycles. The van der Waals surface area contributed by atoms with Gasteiger partial charge < -0.3 is 9.26 Å². The highest BCUT2D eigenvalue weighted by molar-refractivity contribution is 9.08. The minimum absolute atomic E-state index is 0.0894. The van der Waals surface area contributed by atoms with Gasteiger partial charge in [0, 0.05) is 18.9 Å². The number of halogens is 1. The van der Waals surface area contributed by atoms with E-state index in [4.69, 9.17) is 9.26 Å². The van der Waals surface area contributed by atoms with Crippen molar-refractivity contribution in [1.29, 1.82) is 0 Å². The van der Waals surface area contributed by atoms with Crippen molar-refractivity contribution in [2.24, 2.45) is 5.41 Å². The van der Waals surface area contributed by atoms with Gasteiger partial charge >= 0.3 is 0 Å². The van der Waals surface area contributed by atoms with Crippen LogP contribution in [0.25, 0.3) is 0 Å². The zero-order chi connectivity index (χ0) is 12.3. The van der Waals surface area contributed by atoms with Crippen LogP contribution in [0, 0.1) is 5.41 Å². The highest BCUT2D eigenvalue weighted by atomic mass is 79.9. The third-order valence-corrected chi connectivity index (χ3v) is 2.67. The molecular formula is C11H18BrNO3. The molecule has 1 heterocycles. The molecule has 0 aliphatic rings. The van der Waals surface area contributed by atoms with E-state index in [0.29, 0.717) is 10.9 Å². The zero-order valence-electron chi connectivity index (χ0n) is 10.2. The summed E-state index contributed by atoms with van der Waals surface area (Å²) in [4.78, 5) is 11.9. The van der Waals surface area contributed by atoms with Gasteiger partial charge in [-0.3, -0.25) is 4.79 Å². The number of hydrogen-bond donors (Lipinski definition) is 0. The molecule has 16 heavy (non-hydrogen) atoms. The van der Waals surface area contributed by atoms with Crippen LogP contribution >= 0.6 is 15.9 Å². The molecule has 4 nitrogen and oxygen atoms in total. The van der Waals surface area contributed by atoms with E-state index in [9.17, 15) is 4.79 Å². The maximum absolute atomic E-state index is 11.9. The molecule has 0 radical (unpaired) electrons. The van der Waals surface area contributed by atoms with Crippen LogP contribution in [0.15, 0.2) is 9.32 Å². The predicted octanol–water partition coefficient (Wildman–Crippen LogP) is 2.53. The smallest absolute Gasteiger partial charge is 0.289 e. The molecule has 0 aliphatic heterocycles. The summed E-state index contributed by atoms with van der Waals surface area (Å²) < 4.78 is 11.7. The Bertz CT molecular complexity index is 400. The average Bonchev–Trinajstić information content (AvgIpc) is 2.41. The summed E-state index contributed by atoms with van der Waals surface area (Å²) in [5.74, 6) is 0.742. The molecule has 0 fully saturated rings. The lowest BCUT2D eigenvalue weighted by Gasteiger charge is -2.15. The Morgan fingerprint density at radius 2 is 2.06 bits per heavy atom. The summed E-state index contributed by atoms with van der Waals surface area (Å²) in [7, 11) is 1.53. The van der Waals surface area contributed by atoms with E-state index in [1.165, 1.54) is 11.8 Å². The first-order valence-corrected chi connectivity index (χ1v) is 6.28. The number of methoxy groups -OCH3 is 1. The largest absolute Gasteiger partial charge is 0.378 e. The van der Waals surface area contributed by atoms with Gasteiger partial charge in [0.1, 0.15) is 5.76 Å². The zero-order valence-corrected chi connectivity index (χ0v) is 11.8. The number of nitrogens with zero attached hydrogens (tertiary/aromatic N) is 1. The molecule has 1 rings (SSSR count). The second-order valence-electron chi connectivity index (χ2n) is 4.97. The van der Waals surface area contributed by atoms with Gasteiger partial charge in [0.15, 0.2) is 6.73 Å². The highest BCUT2D eigenvalue weighted by Crippen LogP contribution is 2.23. The predicted molar refractivity (Wildman–Crippen MR) is 65.8 cm³/mol. The van der Waals surface area contributed by atoms with Crippen molar-refractivity contribution in [2.45, 2.75) is 39.3 Å². The molecule has 0 unspecified atom stereocenters. The van der Waals surface area contributed by atoms with E-state index < -0.39 is 0 Å². The van der Waals surface area contributed by atoms with Crippen molar-refractivity contribution < 1.29 is 9.26 Å². The maximum atomic E-state index is 11.9. The first-order chi connectivity index (χ1) is 7.39. The highest BCUT2D eigenvalue weighted by Gasteiger charge is 2.21. The number of rotatable bonds is 4. The lowest BCUT2D eigenvalue weighted by atomic mass is 9.90. The SMILES string of the molecule is COCn1oc(CC(C)(C)C)c(CBr)c1=O. The summed E-state index contributed by atoms with van der Waals surface area (Å²) in [6.45, 7) is 6.49. The van der Waals surface area contributed by atoms with Gasteiger partial charge in [0.05, 0.1) is 5.56 Å². The molecule has 1 aromatic rings. The summed E-state index contributed by atoms with van der Waals surface area (Å²) in [6.07, 6.45) is 0.736. The Kier molecular flexibility index (Phi) is 4.38. The van der Waals surface area contributed by atoms with Crippen molar-refractivity contribution in [2.75, 3.05) is 7.11 Å². The lowest BCUT2D eigenvalue weighted by molar-refractivity contribution is 0.0529.